The SMILES string of the molecule is CNc1cc(C(=O)NC(C)C2CCC2)cc(C)n1. The van der Waals surface area contributed by atoms with E-state index >= 15 is 0 Å². The standard InChI is InChI=1S/C14H21N3O/c1-9-7-12(8-13(15-3)16-9)14(18)17-10(2)11-5-4-6-11/h7-8,10-11H,4-6H2,1-3H3,(H,15,16)(H,17,18). The van der Waals surface area contributed by atoms with E-state index in [-0.39, 0.29) is 11.9 Å². The summed E-state index contributed by atoms with van der Waals surface area (Å²) in [5, 5.41) is 6.05. The van der Waals surface area contributed by atoms with Crippen LogP contribution in [0.2, 0.25) is 0 Å². The molecule has 98 valence electrons. The largest absolute Gasteiger partial charge is 0.373 e. The quantitative estimate of drug-likeness (QED) is 0.858. The van der Waals surface area contributed by atoms with Gasteiger partial charge >= 0.3 is 0 Å². The fourth-order valence-corrected chi connectivity index (χ4v) is 2.28. The third-order valence-corrected chi connectivity index (χ3v) is 3.69. The van der Waals surface area contributed by atoms with Gasteiger partial charge in [0.25, 0.3) is 5.91 Å². The van der Waals surface area contributed by atoms with Gasteiger partial charge in [0.2, 0.25) is 0 Å². The van der Waals surface area contributed by atoms with Gasteiger partial charge in [-0.1, -0.05) is 6.42 Å². The highest BCUT2D eigenvalue weighted by molar-refractivity contribution is 5.95. The molecule has 0 radical (unpaired) electrons. The number of pyridine rings is 1. The van der Waals surface area contributed by atoms with Gasteiger partial charge in [0.05, 0.1) is 0 Å². The molecular formula is C14H21N3O. The number of aryl methyl sites for hydroxylation is 1. The summed E-state index contributed by atoms with van der Waals surface area (Å²) in [5.74, 6) is 1.38. The Hall–Kier alpha value is -1.58. The fourth-order valence-electron chi connectivity index (χ4n) is 2.28. The molecule has 0 saturated heterocycles. The lowest BCUT2D eigenvalue weighted by molar-refractivity contribution is 0.0909. The maximum atomic E-state index is 12.2. The normalized spacial score (nSPS) is 16.8. The number of carbonyl (C=O) groups is 1. The number of hydrogen-bond acceptors (Lipinski definition) is 3. The lowest BCUT2D eigenvalue weighted by atomic mass is 9.80. The van der Waals surface area contributed by atoms with Crippen molar-refractivity contribution in [3.05, 3.63) is 23.4 Å². The first-order valence-corrected chi connectivity index (χ1v) is 6.57. The molecule has 2 rings (SSSR count). The highest BCUT2D eigenvalue weighted by atomic mass is 16.1. The molecule has 1 aliphatic rings. The van der Waals surface area contributed by atoms with Crippen LogP contribution in [0.4, 0.5) is 5.82 Å². The van der Waals surface area contributed by atoms with Crippen LogP contribution in [-0.4, -0.2) is 24.0 Å². The Kier molecular flexibility index (Phi) is 3.84. The van der Waals surface area contributed by atoms with E-state index < -0.39 is 0 Å². The predicted octanol–water partition coefficient (Wildman–Crippen LogP) is 2.35. The maximum absolute atomic E-state index is 12.2. The molecule has 1 unspecified atom stereocenters. The zero-order valence-corrected chi connectivity index (χ0v) is 11.3. The summed E-state index contributed by atoms with van der Waals surface area (Å²) < 4.78 is 0. The third kappa shape index (κ3) is 2.81. The molecule has 1 fully saturated rings. The molecule has 4 nitrogen and oxygen atoms in total. The second-order valence-corrected chi connectivity index (χ2v) is 5.09. The predicted molar refractivity (Wildman–Crippen MR) is 72.8 cm³/mol. The van der Waals surface area contributed by atoms with Crippen molar-refractivity contribution in [2.75, 3.05) is 12.4 Å². The van der Waals surface area contributed by atoms with E-state index in [0.29, 0.717) is 11.5 Å². The molecule has 0 aromatic carbocycles. The Labute approximate surface area is 108 Å². The van der Waals surface area contributed by atoms with Crippen LogP contribution in [0.25, 0.3) is 0 Å². The topological polar surface area (TPSA) is 54.0 Å². The van der Waals surface area contributed by atoms with Crippen LogP contribution in [0.5, 0.6) is 0 Å². The van der Waals surface area contributed by atoms with E-state index in [1.807, 2.05) is 13.0 Å². The molecule has 1 aromatic heterocycles. The minimum Gasteiger partial charge on any atom is -0.373 e. The second kappa shape index (κ2) is 5.38. The molecule has 1 amide bonds. The average molecular weight is 247 g/mol. The van der Waals surface area contributed by atoms with Crippen LogP contribution in [0.1, 0.15) is 42.2 Å². The van der Waals surface area contributed by atoms with Gasteiger partial charge < -0.3 is 10.6 Å². The van der Waals surface area contributed by atoms with E-state index in [9.17, 15) is 4.79 Å². The third-order valence-electron chi connectivity index (χ3n) is 3.69. The first-order valence-electron chi connectivity index (χ1n) is 6.57. The summed E-state index contributed by atoms with van der Waals surface area (Å²) in [6, 6.07) is 3.87. The molecule has 18 heavy (non-hydrogen) atoms. The molecule has 2 N–H and O–H groups in total. The number of hydrogen-bond donors (Lipinski definition) is 2. The van der Waals surface area contributed by atoms with Gasteiger partial charge in [0.1, 0.15) is 5.82 Å². The van der Waals surface area contributed by atoms with Gasteiger partial charge in [-0.3, -0.25) is 4.79 Å². The van der Waals surface area contributed by atoms with Crippen LogP contribution in [0.3, 0.4) is 0 Å². The molecule has 1 saturated carbocycles. The lowest BCUT2D eigenvalue weighted by Crippen LogP contribution is -2.40. The maximum Gasteiger partial charge on any atom is 0.251 e. The summed E-state index contributed by atoms with van der Waals surface area (Å²) >= 11 is 0. The van der Waals surface area contributed by atoms with E-state index in [4.69, 9.17) is 0 Å². The smallest absolute Gasteiger partial charge is 0.251 e. The number of rotatable bonds is 4. The summed E-state index contributed by atoms with van der Waals surface area (Å²) in [5.41, 5.74) is 1.53. The van der Waals surface area contributed by atoms with Crippen LogP contribution < -0.4 is 10.6 Å². The Balaban J connectivity index is 2.05. The minimum atomic E-state index is -0.00333. The lowest BCUT2D eigenvalue weighted by Gasteiger charge is -2.31. The Morgan fingerprint density at radius 1 is 1.44 bits per heavy atom. The van der Waals surface area contributed by atoms with Crippen molar-refractivity contribution < 1.29 is 4.79 Å². The summed E-state index contributed by atoms with van der Waals surface area (Å²) in [7, 11) is 1.81. The molecular weight excluding hydrogens is 226 g/mol. The molecule has 1 aromatic rings. The first kappa shape index (κ1) is 12.9. The van der Waals surface area contributed by atoms with Gasteiger partial charge in [-0.05, 0) is 44.7 Å². The average Bonchev–Trinajstić information content (AvgIpc) is 2.25. The summed E-state index contributed by atoms with van der Waals surface area (Å²) in [6.07, 6.45) is 3.76. The Morgan fingerprint density at radius 3 is 2.72 bits per heavy atom. The second-order valence-electron chi connectivity index (χ2n) is 5.09. The Morgan fingerprint density at radius 2 is 2.17 bits per heavy atom. The number of carbonyl (C=O) groups excluding carboxylic acids is 1. The molecule has 0 aliphatic heterocycles. The monoisotopic (exact) mass is 247 g/mol. The van der Waals surface area contributed by atoms with Crippen molar-refractivity contribution in [1.82, 2.24) is 10.3 Å². The highest BCUT2D eigenvalue weighted by Crippen LogP contribution is 2.29. The van der Waals surface area contributed by atoms with Crippen molar-refractivity contribution >= 4 is 11.7 Å². The highest BCUT2D eigenvalue weighted by Gasteiger charge is 2.25. The first-order chi connectivity index (χ1) is 8.60. The van der Waals surface area contributed by atoms with Gasteiger partial charge in [-0.15, -0.1) is 0 Å². The van der Waals surface area contributed by atoms with Crippen LogP contribution in [0, 0.1) is 12.8 Å². The number of aromatic nitrogens is 1. The van der Waals surface area contributed by atoms with E-state index in [0.717, 1.165) is 11.5 Å². The van der Waals surface area contributed by atoms with Crippen LogP contribution in [0.15, 0.2) is 12.1 Å². The number of amides is 1. The van der Waals surface area contributed by atoms with Crippen LogP contribution >= 0.6 is 0 Å². The molecule has 1 atom stereocenters. The zero-order chi connectivity index (χ0) is 13.1. The summed E-state index contributed by atoms with van der Waals surface area (Å²) in [4.78, 5) is 16.4. The van der Waals surface area contributed by atoms with E-state index in [2.05, 4.69) is 22.5 Å². The minimum absolute atomic E-state index is 0.00333. The Bertz CT molecular complexity index is 441. The van der Waals surface area contributed by atoms with E-state index in [1.165, 1.54) is 19.3 Å². The van der Waals surface area contributed by atoms with E-state index in [1.54, 1.807) is 13.1 Å². The van der Waals surface area contributed by atoms with Crippen molar-refractivity contribution in [2.24, 2.45) is 5.92 Å². The van der Waals surface area contributed by atoms with Crippen LogP contribution in [-0.2, 0) is 0 Å². The van der Waals surface area contributed by atoms with Crippen molar-refractivity contribution in [2.45, 2.75) is 39.2 Å². The fraction of sp³-hybridized carbons (Fsp3) is 0.571. The van der Waals surface area contributed by atoms with Crippen molar-refractivity contribution in [3.63, 3.8) is 0 Å². The molecule has 0 spiro atoms. The zero-order valence-electron chi connectivity index (χ0n) is 11.3. The molecule has 1 aliphatic carbocycles. The van der Waals surface area contributed by atoms with Crippen molar-refractivity contribution in [1.29, 1.82) is 0 Å². The number of anilines is 1. The van der Waals surface area contributed by atoms with Gasteiger partial charge in [-0.25, -0.2) is 4.98 Å². The van der Waals surface area contributed by atoms with Crippen molar-refractivity contribution in [3.8, 4) is 0 Å². The summed E-state index contributed by atoms with van der Waals surface area (Å²) in [6.45, 7) is 3.99. The molecule has 0 bridgehead atoms. The van der Waals surface area contributed by atoms with Gasteiger partial charge in [-0.2, -0.15) is 0 Å². The van der Waals surface area contributed by atoms with Gasteiger partial charge in [0, 0.05) is 24.3 Å². The number of nitrogens with one attached hydrogen (secondary N) is 2. The molecule has 1 heterocycles. The van der Waals surface area contributed by atoms with Gasteiger partial charge in [0.15, 0.2) is 0 Å². The molecule has 4 heteroatoms. The number of nitrogens with zero attached hydrogens (tertiary/aromatic N) is 1.